The Morgan fingerprint density at radius 1 is 0.930 bits per heavy atom. The van der Waals surface area contributed by atoms with Crippen molar-refractivity contribution < 1.29 is 24.1 Å². The Morgan fingerprint density at radius 2 is 1.72 bits per heavy atom. The van der Waals surface area contributed by atoms with E-state index in [9.17, 15) is 4.79 Å². The lowest BCUT2D eigenvalue weighted by atomic mass is 9.82. The molecule has 9 heteroatoms. The van der Waals surface area contributed by atoms with E-state index in [1.807, 2.05) is 84.9 Å². The van der Waals surface area contributed by atoms with Crippen LogP contribution in [0.15, 0.2) is 102 Å². The molecule has 0 spiro atoms. The van der Waals surface area contributed by atoms with E-state index < -0.39 is 11.6 Å². The van der Waals surface area contributed by atoms with Gasteiger partial charge >= 0.3 is 0 Å². The summed E-state index contributed by atoms with van der Waals surface area (Å²) in [5.41, 5.74) is 1.84. The largest absolute Gasteiger partial charge is 0.497 e. The van der Waals surface area contributed by atoms with Crippen LogP contribution in [0.5, 0.6) is 11.5 Å². The van der Waals surface area contributed by atoms with Crippen molar-refractivity contribution in [1.82, 2.24) is 5.32 Å². The molecule has 0 unspecified atom stereocenters. The zero-order chi connectivity index (χ0) is 30.2. The van der Waals surface area contributed by atoms with Crippen LogP contribution in [0.3, 0.4) is 0 Å². The second-order valence-electron chi connectivity index (χ2n) is 10.2. The molecule has 1 amide bonds. The summed E-state index contributed by atoms with van der Waals surface area (Å²) in [5.74, 6) is 1.35. The predicted octanol–water partition coefficient (Wildman–Crippen LogP) is 6.58. The molecule has 5 rings (SSSR count). The number of carbonyl (C=O) groups excluding carboxylic acids is 1. The minimum absolute atomic E-state index is 0.0605. The summed E-state index contributed by atoms with van der Waals surface area (Å²) < 4.78 is 17.8. The normalized spacial score (nSPS) is 17.6. The van der Waals surface area contributed by atoms with Gasteiger partial charge < -0.3 is 24.6 Å². The number of amides is 1. The molecule has 2 atom stereocenters. The van der Waals surface area contributed by atoms with Gasteiger partial charge in [-0.3, -0.25) is 4.79 Å². The highest BCUT2D eigenvalue weighted by atomic mass is 35.5. The Balaban J connectivity index is 1.55. The Morgan fingerprint density at radius 3 is 2.44 bits per heavy atom. The third-order valence-corrected chi connectivity index (χ3v) is 7.92. The SMILES string of the molecule is COc1cccc([C@H]2OC(c3ccc(OCCCO)cc3)=N[C@@]2(Cc2ccccc2)C(=O)NCc2ccc(Cl)c(Cl)c2)c1. The van der Waals surface area contributed by atoms with Gasteiger partial charge in [0.1, 0.15) is 11.5 Å². The minimum atomic E-state index is -1.35. The third-order valence-electron chi connectivity index (χ3n) is 7.18. The monoisotopic (exact) mass is 618 g/mol. The quantitative estimate of drug-likeness (QED) is 0.175. The van der Waals surface area contributed by atoms with Crippen molar-refractivity contribution in [1.29, 1.82) is 0 Å². The summed E-state index contributed by atoms with van der Waals surface area (Å²) in [6.07, 6.45) is 0.0700. The van der Waals surface area contributed by atoms with Gasteiger partial charge in [-0.1, -0.05) is 71.7 Å². The molecule has 1 heterocycles. The fraction of sp³-hybridized carbons (Fsp3) is 0.235. The number of hydrogen-bond donors (Lipinski definition) is 2. The Kier molecular flexibility index (Phi) is 9.87. The van der Waals surface area contributed by atoms with Gasteiger partial charge in [0.15, 0.2) is 11.6 Å². The molecule has 0 saturated carbocycles. The molecular weight excluding hydrogens is 587 g/mol. The second kappa shape index (κ2) is 14.0. The van der Waals surface area contributed by atoms with Crippen LogP contribution in [0.2, 0.25) is 10.0 Å². The van der Waals surface area contributed by atoms with Crippen molar-refractivity contribution in [3.8, 4) is 11.5 Å². The molecular formula is C34H32Cl2N2O5. The molecule has 0 aliphatic carbocycles. The van der Waals surface area contributed by atoms with Crippen LogP contribution in [0.25, 0.3) is 0 Å². The van der Waals surface area contributed by atoms with Crippen molar-refractivity contribution in [3.63, 3.8) is 0 Å². The second-order valence-corrected chi connectivity index (χ2v) is 11.0. The first-order chi connectivity index (χ1) is 20.9. The smallest absolute Gasteiger partial charge is 0.252 e. The molecule has 4 aromatic carbocycles. The standard InChI is InChI=1S/C34H32Cl2N2O5/c1-41-28-10-5-9-26(20-28)31-34(21-23-7-3-2-4-8-23,33(40)37-22-24-11-16-29(35)30(36)19-24)38-32(43-31)25-12-14-27(15-13-25)42-18-6-17-39/h2-5,7-16,19-20,31,39H,6,17-18,21-22H2,1H3,(H,37,40)/t31-,34-/m1/s1. The zero-order valence-electron chi connectivity index (χ0n) is 23.6. The number of nitrogens with zero attached hydrogens (tertiary/aromatic N) is 1. The highest BCUT2D eigenvalue weighted by Crippen LogP contribution is 2.43. The van der Waals surface area contributed by atoms with Gasteiger partial charge in [0.05, 0.1) is 23.8 Å². The number of benzene rings is 4. The molecule has 4 aromatic rings. The summed E-state index contributed by atoms with van der Waals surface area (Å²) in [6, 6.07) is 29.9. The van der Waals surface area contributed by atoms with E-state index in [1.165, 1.54) is 0 Å². The van der Waals surface area contributed by atoms with Crippen LogP contribution in [0, 0.1) is 0 Å². The van der Waals surface area contributed by atoms with E-state index in [1.54, 1.807) is 19.2 Å². The molecule has 222 valence electrons. The summed E-state index contributed by atoms with van der Waals surface area (Å²) in [4.78, 5) is 19.5. The van der Waals surface area contributed by atoms with Crippen molar-refractivity contribution >= 4 is 35.0 Å². The van der Waals surface area contributed by atoms with E-state index >= 15 is 0 Å². The summed E-state index contributed by atoms with van der Waals surface area (Å²) >= 11 is 12.3. The average Bonchev–Trinajstić information content (AvgIpc) is 3.42. The number of hydrogen-bond acceptors (Lipinski definition) is 6. The maximum Gasteiger partial charge on any atom is 0.252 e. The third kappa shape index (κ3) is 7.13. The van der Waals surface area contributed by atoms with Gasteiger partial charge in [-0.15, -0.1) is 0 Å². The van der Waals surface area contributed by atoms with Crippen LogP contribution in [0.1, 0.15) is 34.8 Å². The van der Waals surface area contributed by atoms with Gasteiger partial charge in [-0.2, -0.15) is 0 Å². The highest BCUT2D eigenvalue weighted by molar-refractivity contribution is 6.42. The number of halogens is 2. The van der Waals surface area contributed by atoms with E-state index in [0.717, 1.165) is 16.7 Å². The van der Waals surface area contributed by atoms with Crippen molar-refractivity contribution in [2.45, 2.75) is 31.0 Å². The summed E-state index contributed by atoms with van der Waals surface area (Å²) in [6.45, 7) is 0.692. The topological polar surface area (TPSA) is 89.4 Å². The van der Waals surface area contributed by atoms with Crippen LogP contribution < -0.4 is 14.8 Å². The van der Waals surface area contributed by atoms with Crippen LogP contribution in [-0.4, -0.2) is 42.8 Å². The number of methoxy groups -OCH3 is 1. The summed E-state index contributed by atoms with van der Waals surface area (Å²) in [7, 11) is 1.60. The van der Waals surface area contributed by atoms with Crippen LogP contribution in [-0.2, 0) is 22.5 Å². The Bertz CT molecular complexity index is 1580. The molecule has 0 saturated heterocycles. The summed E-state index contributed by atoms with van der Waals surface area (Å²) in [5, 5.41) is 13.0. The Labute approximate surface area is 261 Å². The zero-order valence-corrected chi connectivity index (χ0v) is 25.1. The van der Waals surface area contributed by atoms with Gasteiger partial charge in [-0.05, 0) is 65.2 Å². The first kappa shape index (κ1) is 30.4. The van der Waals surface area contributed by atoms with Gasteiger partial charge in [0.2, 0.25) is 5.90 Å². The lowest BCUT2D eigenvalue weighted by molar-refractivity contribution is -0.129. The fourth-order valence-electron chi connectivity index (χ4n) is 4.98. The first-order valence-electron chi connectivity index (χ1n) is 13.9. The Hall–Kier alpha value is -4.04. The van der Waals surface area contributed by atoms with Crippen molar-refractivity contribution in [2.75, 3.05) is 20.3 Å². The lowest BCUT2D eigenvalue weighted by Gasteiger charge is -2.31. The first-order valence-corrected chi connectivity index (χ1v) is 14.7. The number of ether oxygens (including phenoxy) is 3. The van der Waals surface area contributed by atoms with Gasteiger partial charge in [0.25, 0.3) is 5.91 Å². The molecule has 2 N–H and O–H groups in total. The number of carbonyl (C=O) groups is 1. The fourth-order valence-corrected chi connectivity index (χ4v) is 5.30. The van der Waals surface area contributed by atoms with Crippen molar-refractivity contribution in [3.05, 3.63) is 129 Å². The van der Waals surface area contributed by atoms with Gasteiger partial charge in [-0.25, -0.2) is 4.99 Å². The average molecular weight is 620 g/mol. The number of aliphatic hydroxyl groups excluding tert-OH is 1. The van der Waals surface area contributed by atoms with Gasteiger partial charge in [0, 0.05) is 31.6 Å². The molecule has 43 heavy (non-hydrogen) atoms. The van der Waals surface area contributed by atoms with E-state index in [4.69, 9.17) is 47.5 Å². The van der Waals surface area contributed by atoms with Crippen molar-refractivity contribution in [2.24, 2.45) is 4.99 Å². The minimum Gasteiger partial charge on any atom is -0.497 e. The number of rotatable bonds is 12. The predicted molar refractivity (Wildman–Crippen MR) is 168 cm³/mol. The maximum atomic E-state index is 14.4. The molecule has 0 aromatic heterocycles. The molecule has 1 aliphatic heterocycles. The molecule has 0 bridgehead atoms. The number of aliphatic hydroxyl groups is 1. The molecule has 0 radical (unpaired) electrons. The molecule has 1 aliphatic rings. The van der Waals surface area contributed by atoms with E-state index in [0.29, 0.717) is 46.0 Å². The van der Waals surface area contributed by atoms with E-state index in [2.05, 4.69) is 5.32 Å². The highest BCUT2D eigenvalue weighted by Gasteiger charge is 2.53. The lowest BCUT2D eigenvalue weighted by Crippen LogP contribution is -2.49. The molecule has 7 nitrogen and oxygen atoms in total. The number of aliphatic imine (C=N–C) groups is 1. The van der Waals surface area contributed by atoms with E-state index in [-0.39, 0.29) is 25.5 Å². The maximum absolute atomic E-state index is 14.4. The molecule has 0 fully saturated rings. The number of nitrogens with one attached hydrogen (secondary N) is 1. The van der Waals surface area contributed by atoms with Crippen LogP contribution >= 0.6 is 23.2 Å². The van der Waals surface area contributed by atoms with Crippen LogP contribution in [0.4, 0.5) is 0 Å².